The Labute approximate surface area is 183 Å². The van der Waals surface area contributed by atoms with Gasteiger partial charge in [-0.05, 0) is 31.2 Å². The number of methoxy groups -OCH3 is 2. The Morgan fingerprint density at radius 2 is 1.71 bits per heavy atom. The van der Waals surface area contributed by atoms with Gasteiger partial charge in [-0.15, -0.1) is 0 Å². The molecule has 0 aliphatic rings. The standard InChI is InChI=1S/C24H31N3O4/c1-18(28)16-27(14-15-29-3)17-22-23(19-8-6-5-7-9-19)25-26(2)24(22)31-21-12-10-20(30-4)11-13-21/h5-13,18,28H,14-17H2,1-4H3. The zero-order chi connectivity index (χ0) is 22.2. The number of benzene rings is 2. The topological polar surface area (TPSA) is 69.0 Å². The molecule has 1 N–H and O–H groups in total. The summed E-state index contributed by atoms with van der Waals surface area (Å²) in [5.41, 5.74) is 2.84. The number of aryl methyl sites for hydroxylation is 1. The van der Waals surface area contributed by atoms with Crippen molar-refractivity contribution in [3.8, 4) is 28.6 Å². The molecule has 0 aliphatic heterocycles. The highest BCUT2D eigenvalue weighted by Crippen LogP contribution is 2.34. The van der Waals surface area contributed by atoms with Crippen LogP contribution in [0.2, 0.25) is 0 Å². The van der Waals surface area contributed by atoms with Crippen molar-refractivity contribution < 1.29 is 19.3 Å². The quantitative estimate of drug-likeness (QED) is 0.505. The van der Waals surface area contributed by atoms with Crippen LogP contribution >= 0.6 is 0 Å². The summed E-state index contributed by atoms with van der Waals surface area (Å²) in [6, 6.07) is 17.5. The molecule has 0 amide bonds. The maximum atomic E-state index is 10.00. The van der Waals surface area contributed by atoms with E-state index in [0.29, 0.717) is 37.9 Å². The summed E-state index contributed by atoms with van der Waals surface area (Å²) in [5.74, 6) is 2.13. The molecule has 3 rings (SSSR count). The molecule has 0 bridgehead atoms. The van der Waals surface area contributed by atoms with E-state index in [1.807, 2.05) is 61.6 Å². The molecule has 1 aromatic heterocycles. The van der Waals surface area contributed by atoms with Gasteiger partial charge in [-0.1, -0.05) is 30.3 Å². The second kappa shape index (κ2) is 10.9. The average Bonchev–Trinajstić information content (AvgIpc) is 3.08. The molecule has 7 heteroatoms. The summed E-state index contributed by atoms with van der Waals surface area (Å²) in [4.78, 5) is 2.15. The lowest BCUT2D eigenvalue weighted by molar-refractivity contribution is 0.0936. The number of hydrogen-bond donors (Lipinski definition) is 1. The molecular formula is C24H31N3O4. The van der Waals surface area contributed by atoms with Crippen LogP contribution in [0.15, 0.2) is 54.6 Å². The molecule has 2 aromatic carbocycles. The monoisotopic (exact) mass is 425 g/mol. The summed E-state index contributed by atoms with van der Waals surface area (Å²) in [7, 11) is 5.19. The van der Waals surface area contributed by atoms with Crippen molar-refractivity contribution in [3.05, 3.63) is 60.2 Å². The molecule has 31 heavy (non-hydrogen) atoms. The molecule has 7 nitrogen and oxygen atoms in total. The number of nitrogens with zero attached hydrogens (tertiary/aromatic N) is 3. The molecule has 0 saturated carbocycles. The fourth-order valence-corrected chi connectivity index (χ4v) is 3.46. The van der Waals surface area contributed by atoms with E-state index in [4.69, 9.17) is 19.3 Å². The maximum absolute atomic E-state index is 10.00. The molecule has 166 valence electrons. The minimum Gasteiger partial charge on any atom is -0.497 e. The minimum atomic E-state index is -0.459. The molecule has 1 heterocycles. The average molecular weight is 426 g/mol. The minimum absolute atomic E-state index is 0.459. The SMILES string of the molecule is COCCN(Cc1c(-c2ccccc2)nn(C)c1Oc1ccc(OC)cc1)CC(C)O. The van der Waals surface area contributed by atoms with Gasteiger partial charge in [0.2, 0.25) is 5.88 Å². The van der Waals surface area contributed by atoms with Gasteiger partial charge in [0, 0.05) is 39.4 Å². The highest BCUT2D eigenvalue weighted by Gasteiger charge is 2.22. The molecule has 0 saturated heterocycles. The highest BCUT2D eigenvalue weighted by atomic mass is 16.5. The Hall–Kier alpha value is -2.87. The van der Waals surface area contributed by atoms with E-state index in [1.54, 1.807) is 25.8 Å². The largest absolute Gasteiger partial charge is 0.497 e. The number of rotatable bonds is 11. The molecule has 0 spiro atoms. The van der Waals surface area contributed by atoms with Crippen LogP contribution in [0, 0.1) is 0 Å². The fraction of sp³-hybridized carbons (Fsp3) is 0.375. The molecule has 0 aliphatic carbocycles. The lowest BCUT2D eigenvalue weighted by atomic mass is 10.1. The molecule has 1 atom stereocenters. The first kappa shape index (κ1) is 22.8. The normalized spacial score (nSPS) is 12.2. The number of aromatic nitrogens is 2. The van der Waals surface area contributed by atoms with Crippen molar-refractivity contribution >= 4 is 0 Å². The lowest BCUT2D eigenvalue weighted by Gasteiger charge is -2.24. The molecular weight excluding hydrogens is 394 g/mol. The van der Waals surface area contributed by atoms with Crippen molar-refractivity contribution in [2.75, 3.05) is 33.9 Å². The van der Waals surface area contributed by atoms with Crippen LogP contribution in [0.1, 0.15) is 12.5 Å². The fourth-order valence-electron chi connectivity index (χ4n) is 3.46. The van der Waals surface area contributed by atoms with E-state index >= 15 is 0 Å². The zero-order valence-electron chi connectivity index (χ0n) is 18.6. The number of aliphatic hydroxyl groups excluding tert-OH is 1. The van der Waals surface area contributed by atoms with E-state index in [0.717, 1.165) is 22.6 Å². The Balaban J connectivity index is 1.99. The predicted molar refractivity (Wildman–Crippen MR) is 121 cm³/mol. The summed E-state index contributed by atoms with van der Waals surface area (Å²) in [6.07, 6.45) is -0.459. The smallest absolute Gasteiger partial charge is 0.222 e. The van der Waals surface area contributed by atoms with E-state index in [1.165, 1.54) is 0 Å². The number of ether oxygens (including phenoxy) is 3. The number of hydrogen-bond acceptors (Lipinski definition) is 6. The van der Waals surface area contributed by atoms with Crippen LogP contribution in [0.3, 0.4) is 0 Å². The third-order valence-corrected chi connectivity index (χ3v) is 4.92. The van der Waals surface area contributed by atoms with Gasteiger partial charge in [0.25, 0.3) is 0 Å². The van der Waals surface area contributed by atoms with Crippen molar-refractivity contribution in [2.24, 2.45) is 7.05 Å². The zero-order valence-corrected chi connectivity index (χ0v) is 18.6. The van der Waals surface area contributed by atoms with Gasteiger partial charge >= 0.3 is 0 Å². The number of aliphatic hydroxyl groups is 1. The van der Waals surface area contributed by atoms with Crippen LogP contribution in [-0.4, -0.2) is 59.8 Å². The van der Waals surface area contributed by atoms with Crippen LogP contribution in [-0.2, 0) is 18.3 Å². The van der Waals surface area contributed by atoms with Gasteiger partial charge in [-0.2, -0.15) is 5.10 Å². The lowest BCUT2D eigenvalue weighted by Crippen LogP contribution is -2.33. The van der Waals surface area contributed by atoms with Gasteiger partial charge in [0.15, 0.2) is 0 Å². The van der Waals surface area contributed by atoms with Crippen molar-refractivity contribution in [1.82, 2.24) is 14.7 Å². The molecule has 0 fully saturated rings. The van der Waals surface area contributed by atoms with E-state index < -0.39 is 6.10 Å². The van der Waals surface area contributed by atoms with Gasteiger partial charge in [-0.25, -0.2) is 4.68 Å². The second-order valence-electron chi connectivity index (χ2n) is 7.48. The summed E-state index contributed by atoms with van der Waals surface area (Å²) in [5, 5.41) is 14.8. The van der Waals surface area contributed by atoms with Gasteiger partial charge in [0.05, 0.1) is 25.4 Å². The third kappa shape index (κ3) is 6.07. The van der Waals surface area contributed by atoms with E-state index in [9.17, 15) is 5.11 Å². The Kier molecular flexibility index (Phi) is 8.06. The summed E-state index contributed by atoms with van der Waals surface area (Å²) >= 11 is 0. The molecule has 0 radical (unpaired) electrons. The molecule has 3 aromatic rings. The maximum Gasteiger partial charge on any atom is 0.222 e. The van der Waals surface area contributed by atoms with Gasteiger partial charge < -0.3 is 19.3 Å². The van der Waals surface area contributed by atoms with E-state index in [2.05, 4.69) is 4.90 Å². The van der Waals surface area contributed by atoms with Crippen LogP contribution in [0.5, 0.6) is 17.4 Å². The predicted octanol–water partition coefficient (Wildman–Crippen LogP) is 3.72. The van der Waals surface area contributed by atoms with Crippen molar-refractivity contribution in [1.29, 1.82) is 0 Å². The summed E-state index contributed by atoms with van der Waals surface area (Å²) < 4.78 is 18.6. The molecule has 1 unspecified atom stereocenters. The first-order valence-electron chi connectivity index (χ1n) is 10.3. The highest BCUT2D eigenvalue weighted by molar-refractivity contribution is 5.65. The van der Waals surface area contributed by atoms with Crippen LogP contribution in [0.4, 0.5) is 0 Å². The first-order valence-corrected chi connectivity index (χ1v) is 10.3. The van der Waals surface area contributed by atoms with Crippen molar-refractivity contribution in [3.63, 3.8) is 0 Å². The van der Waals surface area contributed by atoms with Gasteiger partial charge in [-0.3, -0.25) is 4.90 Å². The Bertz CT molecular complexity index is 939. The second-order valence-corrected chi connectivity index (χ2v) is 7.48. The summed E-state index contributed by atoms with van der Waals surface area (Å²) in [6.45, 7) is 4.14. The van der Waals surface area contributed by atoms with Crippen molar-refractivity contribution in [2.45, 2.75) is 19.6 Å². The van der Waals surface area contributed by atoms with Crippen LogP contribution in [0.25, 0.3) is 11.3 Å². The first-order chi connectivity index (χ1) is 15.0. The Morgan fingerprint density at radius 3 is 2.32 bits per heavy atom. The van der Waals surface area contributed by atoms with Crippen LogP contribution < -0.4 is 9.47 Å². The van der Waals surface area contributed by atoms with E-state index in [-0.39, 0.29) is 0 Å². The third-order valence-electron chi connectivity index (χ3n) is 4.92. The Morgan fingerprint density at radius 1 is 1.03 bits per heavy atom. The van der Waals surface area contributed by atoms with Gasteiger partial charge in [0.1, 0.15) is 17.2 Å².